The normalized spacial score (nSPS) is 27.5. The first-order chi connectivity index (χ1) is 8.43. The van der Waals surface area contributed by atoms with Crippen LogP contribution in [0.1, 0.15) is 73.1 Å². The second kappa shape index (κ2) is 6.91. The van der Waals surface area contributed by atoms with Gasteiger partial charge in [-0.1, -0.05) is 47.5 Å². The van der Waals surface area contributed by atoms with Crippen LogP contribution in [0, 0.1) is 23.2 Å². The first kappa shape index (κ1) is 16.0. The Morgan fingerprint density at radius 3 is 1.89 bits per heavy atom. The zero-order valence-corrected chi connectivity index (χ0v) is 13.1. The van der Waals surface area contributed by atoms with Crippen LogP contribution >= 0.6 is 0 Å². The fourth-order valence-corrected chi connectivity index (χ4v) is 3.80. The van der Waals surface area contributed by atoms with Gasteiger partial charge >= 0.3 is 0 Å². The van der Waals surface area contributed by atoms with Crippen LogP contribution in [0.15, 0.2) is 0 Å². The lowest BCUT2D eigenvalue weighted by Crippen LogP contribution is -2.47. The molecular formula is C16H34N2. The molecule has 18 heavy (non-hydrogen) atoms. The number of rotatable bonds is 5. The van der Waals surface area contributed by atoms with E-state index in [-0.39, 0.29) is 0 Å². The van der Waals surface area contributed by atoms with Gasteiger partial charge in [-0.2, -0.15) is 0 Å². The molecule has 0 amide bonds. The molecule has 0 heterocycles. The van der Waals surface area contributed by atoms with Gasteiger partial charge in [0.2, 0.25) is 0 Å². The Bertz CT molecular complexity index is 220. The van der Waals surface area contributed by atoms with E-state index in [9.17, 15) is 0 Å². The molecule has 1 aliphatic carbocycles. The summed E-state index contributed by atoms with van der Waals surface area (Å²) in [6.07, 6.45) is 7.95. The molecule has 0 aromatic heterocycles. The number of hydrogen-bond donors (Lipinski definition) is 2. The van der Waals surface area contributed by atoms with Gasteiger partial charge in [-0.3, -0.25) is 11.3 Å². The van der Waals surface area contributed by atoms with Crippen LogP contribution in [-0.4, -0.2) is 6.04 Å². The van der Waals surface area contributed by atoms with E-state index in [1.54, 1.807) is 0 Å². The molecule has 0 saturated heterocycles. The zero-order chi connectivity index (χ0) is 13.8. The molecular weight excluding hydrogens is 220 g/mol. The van der Waals surface area contributed by atoms with Crippen molar-refractivity contribution in [3.63, 3.8) is 0 Å². The predicted octanol–water partition coefficient (Wildman–Crippen LogP) is 4.11. The van der Waals surface area contributed by atoms with Crippen LogP contribution in [-0.2, 0) is 0 Å². The molecule has 1 rings (SSSR count). The highest BCUT2D eigenvalue weighted by atomic mass is 15.2. The first-order valence-electron chi connectivity index (χ1n) is 7.90. The summed E-state index contributed by atoms with van der Waals surface area (Å²) in [5, 5.41) is 0. The number of hydrogen-bond acceptors (Lipinski definition) is 2. The third-order valence-electron chi connectivity index (χ3n) is 5.25. The van der Waals surface area contributed by atoms with E-state index in [0.717, 1.165) is 17.8 Å². The van der Waals surface area contributed by atoms with E-state index in [4.69, 9.17) is 5.84 Å². The topological polar surface area (TPSA) is 38.0 Å². The monoisotopic (exact) mass is 254 g/mol. The lowest BCUT2D eigenvalue weighted by molar-refractivity contribution is 0.114. The summed E-state index contributed by atoms with van der Waals surface area (Å²) in [5.41, 5.74) is 3.60. The van der Waals surface area contributed by atoms with Crippen molar-refractivity contribution in [1.82, 2.24) is 5.43 Å². The molecule has 2 nitrogen and oxygen atoms in total. The van der Waals surface area contributed by atoms with E-state index in [0.29, 0.717) is 11.5 Å². The summed E-state index contributed by atoms with van der Waals surface area (Å²) < 4.78 is 0. The quantitative estimate of drug-likeness (QED) is 0.572. The van der Waals surface area contributed by atoms with Gasteiger partial charge in [0.15, 0.2) is 0 Å². The van der Waals surface area contributed by atoms with E-state index < -0.39 is 0 Å². The molecule has 0 radical (unpaired) electrons. The minimum Gasteiger partial charge on any atom is -0.271 e. The number of nitrogens with two attached hydrogens (primary N) is 1. The molecule has 1 aliphatic rings. The fraction of sp³-hybridized carbons (Fsp3) is 1.00. The van der Waals surface area contributed by atoms with E-state index in [2.05, 4.69) is 40.0 Å². The number of hydrazine groups is 1. The van der Waals surface area contributed by atoms with Crippen molar-refractivity contribution < 1.29 is 0 Å². The van der Waals surface area contributed by atoms with Gasteiger partial charge in [-0.05, 0) is 48.9 Å². The molecule has 0 aromatic rings. The maximum atomic E-state index is 5.83. The summed E-state index contributed by atoms with van der Waals surface area (Å²) in [4.78, 5) is 0. The predicted molar refractivity (Wildman–Crippen MR) is 80.1 cm³/mol. The van der Waals surface area contributed by atoms with Crippen molar-refractivity contribution >= 4 is 0 Å². The fourth-order valence-electron chi connectivity index (χ4n) is 3.80. The molecule has 0 spiro atoms. The van der Waals surface area contributed by atoms with Crippen LogP contribution < -0.4 is 11.3 Å². The van der Waals surface area contributed by atoms with Crippen LogP contribution in [0.25, 0.3) is 0 Å². The molecule has 1 unspecified atom stereocenters. The molecule has 3 N–H and O–H groups in total. The Labute approximate surface area is 114 Å². The van der Waals surface area contributed by atoms with E-state index in [1.165, 1.54) is 38.5 Å². The molecule has 0 aliphatic heterocycles. The third kappa shape index (κ3) is 3.96. The van der Waals surface area contributed by atoms with Gasteiger partial charge in [0.25, 0.3) is 0 Å². The molecule has 1 atom stereocenters. The average molecular weight is 254 g/mol. The van der Waals surface area contributed by atoms with Crippen molar-refractivity contribution in [1.29, 1.82) is 0 Å². The van der Waals surface area contributed by atoms with Crippen molar-refractivity contribution in [2.45, 2.75) is 79.2 Å². The third-order valence-corrected chi connectivity index (χ3v) is 5.25. The Hall–Kier alpha value is -0.0800. The van der Waals surface area contributed by atoms with E-state index >= 15 is 0 Å². The van der Waals surface area contributed by atoms with Crippen LogP contribution in [0.5, 0.6) is 0 Å². The smallest absolute Gasteiger partial charge is 0.0266 e. The lowest BCUT2D eigenvalue weighted by atomic mass is 9.67. The summed E-state index contributed by atoms with van der Waals surface area (Å²) in [5.74, 6) is 8.26. The molecule has 0 bridgehead atoms. The Morgan fingerprint density at radius 2 is 1.56 bits per heavy atom. The highest BCUT2D eigenvalue weighted by Crippen LogP contribution is 2.41. The van der Waals surface area contributed by atoms with Crippen molar-refractivity contribution in [2.75, 3.05) is 0 Å². The maximum Gasteiger partial charge on any atom is 0.0266 e. The van der Waals surface area contributed by atoms with Gasteiger partial charge in [0.1, 0.15) is 0 Å². The van der Waals surface area contributed by atoms with Gasteiger partial charge in [0, 0.05) is 6.04 Å². The van der Waals surface area contributed by atoms with Crippen LogP contribution in [0.2, 0.25) is 0 Å². The summed E-state index contributed by atoms with van der Waals surface area (Å²) in [7, 11) is 0. The van der Waals surface area contributed by atoms with Gasteiger partial charge in [0.05, 0.1) is 0 Å². The maximum absolute atomic E-state index is 5.83. The van der Waals surface area contributed by atoms with Gasteiger partial charge in [-0.25, -0.2) is 0 Å². The summed E-state index contributed by atoms with van der Waals surface area (Å²) in [6, 6.07) is 0.529. The second-order valence-corrected chi connectivity index (χ2v) is 7.25. The van der Waals surface area contributed by atoms with Gasteiger partial charge in [-0.15, -0.1) is 0 Å². The van der Waals surface area contributed by atoms with Crippen LogP contribution in [0.4, 0.5) is 0 Å². The van der Waals surface area contributed by atoms with Crippen molar-refractivity contribution in [3.8, 4) is 0 Å². The summed E-state index contributed by atoms with van der Waals surface area (Å²) in [6.45, 7) is 11.7. The minimum absolute atomic E-state index is 0.478. The second-order valence-electron chi connectivity index (χ2n) is 7.25. The van der Waals surface area contributed by atoms with E-state index in [1.807, 2.05) is 0 Å². The van der Waals surface area contributed by atoms with Gasteiger partial charge < -0.3 is 0 Å². The average Bonchev–Trinajstić information content (AvgIpc) is 2.35. The number of nitrogens with one attached hydrogen (secondary N) is 1. The Kier molecular flexibility index (Phi) is 6.13. The SMILES string of the molecule is CCC(CC)C(NN)C1CCC(C(C)(C)C)CC1. The highest BCUT2D eigenvalue weighted by Gasteiger charge is 2.34. The molecule has 1 saturated carbocycles. The largest absolute Gasteiger partial charge is 0.271 e. The van der Waals surface area contributed by atoms with Crippen LogP contribution in [0.3, 0.4) is 0 Å². The first-order valence-corrected chi connectivity index (χ1v) is 7.90. The Balaban J connectivity index is 2.55. The molecule has 0 aromatic carbocycles. The highest BCUT2D eigenvalue weighted by molar-refractivity contribution is 4.87. The summed E-state index contributed by atoms with van der Waals surface area (Å²) >= 11 is 0. The standard InChI is InChI=1S/C16H34N2/c1-6-12(7-2)15(18-17)13-8-10-14(11-9-13)16(3,4)5/h12-15,18H,6-11,17H2,1-5H3. The Morgan fingerprint density at radius 1 is 1.06 bits per heavy atom. The molecule has 1 fully saturated rings. The lowest BCUT2D eigenvalue weighted by Gasteiger charge is -2.41. The molecule has 108 valence electrons. The van der Waals surface area contributed by atoms with Crippen molar-refractivity contribution in [3.05, 3.63) is 0 Å². The molecule has 2 heteroatoms. The minimum atomic E-state index is 0.478. The van der Waals surface area contributed by atoms with Crippen molar-refractivity contribution in [2.24, 2.45) is 29.0 Å². The zero-order valence-electron chi connectivity index (χ0n) is 13.1.